The second kappa shape index (κ2) is 13.1. The lowest BCUT2D eigenvalue weighted by atomic mass is 10.1. The summed E-state index contributed by atoms with van der Waals surface area (Å²) in [7, 11) is 3.30. The molecule has 0 heterocycles. The summed E-state index contributed by atoms with van der Waals surface area (Å²) in [5.74, 6) is 2.96. The maximum Gasteiger partial charge on any atom is 0.188 e. The quantitative estimate of drug-likeness (QED) is 0.234. The normalized spacial score (nSPS) is 10.7. The molecular formula is C20H28IN3O3. The van der Waals surface area contributed by atoms with Crippen LogP contribution >= 0.6 is 24.0 Å². The van der Waals surface area contributed by atoms with Gasteiger partial charge in [0.25, 0.3) is 0 Å². The minimum atomic E-state index is 0. The predicted molar refractivity (Wildman–Crippen MR) is 120 cm³/mol. The molecule has 0 aliphatic heterocycles. The lowest BCUT2D eigenvalue weighted by Gasteiger charge is -2.08. The van der Waals surface area contributed by atoms with Crippen LogP contribution in [-0.4, -0.2) is 39.9 Å². The summed E-state index contributed by atoms with van der Waals surface area (Å²) in [6.07, 6.45) is 1.67. The van der Waals surface area contributed by atoms with Crippen LogP contribution in [-0.2, 0) is 6.42 Å². The number of aliphatic imine (C=N–C) groups is 1. The van der Waals surface area contributed by atoms with Gasteiger partial charge in [-0.2, -0.15) is 0 Å². The smallest absolute Gasteiger partial charge is 0.188 e. The zero-order chi connectivity index (χ0) is 18.6. The van der Waals surface area contributed by atoms with Crippen LogP contribution in [0.5, 0.6) is 17.2 Å². The van der Waals surface area contributed by atoms with E-state index in [-0.39, 0.29) is 24.0 Å². The minimum absolute atomic E-state index is 0. The number of nitrogens with one attached hydrogen (secondary N) is 1. The Morgan fingerprint density at radius 2 is 1.48 bits per heavy atom. The highest BCUT2D eigenvalue weighted by Gasteiger charge is 1.97. The number of ether oxygens (including phenoxy) is 3. The highest BCUT2D eigenvalue weighted by molar-refractivity contribution is 14.0. The molecule has 2 rings (SSSR count). The summed E-state index contributed by atoms with van der Waals surface area (Å²) in [5, 5.41) is 3.12. The van der Waals surface area contributed by atoms with Gasteiger partial charge in [0.05, 0.1) is 20.8 Å². The molecule has 2 aromatic rings. The van der Waals surface area contributed by atoms with Crippen LogP contribution < -0.4 is 25.3 Å². The van der Waals surface area contributed by atoms with Crippen LogP contribution in [0, 0.1) is 0 Å². The van der Waals surface area contributed by atoms with E-state index in [4.69, 9.17) is 19.9 Å². The maximum atomic E-state index is 5.87. The molecule has 27 heavy (non-hydrogen) atoms. The Labute approximate surface area is 178 Å². The first-order chi connectivity index (χ1) is 12.7. The Kier molecular flexibility index (Phi) is 11.1. The van der Waals surface area contributed by atoms with Crippen molar-refractivity contribution >= 4 is 29.9 Å². The summed E-state index contributed by atoms with van der Waals surface area (Å²) in [6.45, 7) is 1.95. The molecule has 0 aliphatic rings. The SMILES string of the molecule is COc1ccc(CCNC(N)=NCCCOc2ccc(OC)cc2)cc1.I. The first-order valence-electron chi connectivity index (χ1n) is 8.65. The van der Waals surface area contributed by atoms with Gasteiger partial charge in [-0.1, -0.05) is 12.1 Å². The minimum Gasteiger partial charge on any atom is -0.497 e. The van der Waals surface area contributed by atoms with Crippen LogP contribution in [0.4, 0.5) is 0 Å². The van der Waals surface area contributed by atoms with Crippen LogP contribution in [0.2, 0.25) is 0 Å². The van der Waals surface area contributed by atoms with Gasteiger partial charge in [0.2, 0.25) is 0 Å². The number of rotatable bonds is 10. The van der Waals surface area contributed by atoms with Gasteiger partial charge in [-0.25, -0.2) is 0 Å². The molecule has 0 fully saturated rings. The molecular weight excluding hydrogens is 457 g/mol. The topological polar surface area (TPSA) is 78.1 Å². The molecule has 0 unspecified atom stereocenters. The van der Waals surface area contributed by atoms with Gasteiger partial charge < -0.3 is 25.3 Å². The molecule has 148 valence electrons. The van der Waals surface area contributed by atoms with Crippen molar-refractivity contribution in [1.82, 2.24) is 5.32 Å². The number of nitrogens with two attached hydrogens (primary N) is 1. The molecule has 0 saturated heterocycles. The molecule has 0 radical (unpaired) electrons. The van der Waals surface area contributed by atoms with E-state index in [0.29, 0.717) is 19.1 Å². The van der Waals surface area contributed by atoms with Crippen molar-refractivity contribution in [2.24, 2.45) is 10.7 Å². The van der Waals surface area contributed by atoms with E-state index in [9.17, 15) is 0 Å². The van der Waals surface area contributed by atoms with E-state index in [2.05, 4.69) is 10.3 Å². The predicted octanol–water partition coefficient (Wildman–Crippen LogP) is 3.24. The van der Waals surface area contributed by atoms with Crippen LogP contribution in [0.3, 0.4) is 0 Å². The summed E-state index contributed by atoms with van der Waals surface area (Å²) >= 11 is 0. The first kappa shape index (κ1) is 22.9. The maximum absolute atomic E-state index is 5.87. The van der Waals surface area contributed by atoms with Crippen LogP contribution in [0.15, 0.2) is 53.5 Å². The monoisotopic (exact) mass is 485 g/mol. The molecule has 0 saturated carbocycles. The number of methoxy groups -OCH3 is 2. The molecule has 0 aliphatic carbocycles. The molecule has 2 aromatic carbocycles. The van der Waals surface area contributed by atoms with E-state index >= 15 is 0 Å². The fourth-order valence-electron chi connectivity index (χ4n) is 2.31. The van der Waals surface area contributed by atoms with Crippen LogP contribution in [0.25, 0.3) is 0 Å². The Morgan fingerprint density at radius 3 is 2.07 bits per heavy atom. The molecule has 0 amide bonds. The number of hydrogen-bond donors (Lipinski definition) is 2. The zero-order valence-electron chi connectivity index (χ0n) is 15.8. The third-order valence-electron chi connectivity index (χ3n) is 3.79. The van der Waals surface area contributed by atoms with E-state index in [0.717, 1.165) is 36.6 Å². The first-order valence-corrected chi connectivity index (χ1v) is 8.65. The number of halogens is 1. The Hall–Kier alpha value is -2.16. The van der Waals surface area contributed by atoms with E-state index in [1.807, 2.05) is 48.5 Å². The average Bonchev–Trinajstić information content (AvgIpc) is 2.68. The standard InChI is InChI=1S/C20H27N3O3.HI/c1-24-17-6-4-16(5-7-17)12-14-23-20(21)22-13-3-15-26-19-10-8-18(25-2)9-11-19;/h4-11H,3,12-15H2,1-2H3,(H3,21,22,23);1H. The van der Waals surface area contributed by atoms with Gasteiger partial charge in [-0.15, -0.1) is 24.0 Å². The van der Waals surface area contributed by atoms with Gasteiger partial charge in [0, 0.05) is 19.5 Å². The van der Waals surface area contributed by atoms with Gasteiger partial charge >= 0.3 is 0 Å². The van der Waals surface area contributed by atoms with Gasteiger partial charge in [0.1, 0.15) is 17.2 Å². The molecule has 0 atom stereocenters. The summed E-state index contributed by atoms with van der Waals surface area (Å²) in [5.41, 5.74) is 7.09. The highest BCUT2D eigenvalue weighted by Crippen LogP contribution is 2.17. The summed E-state index contributed by atoms with van der Waals surface area (Å²) < 4.78 is 15.9. The third-order valence-corrected chi connectivity index (χ3v) is 3.79. The Balaban J connectivity index is 0.00000364. The molecule has 7 heteroatoms. The summed E-state index contributed by atoms with van der Waals surface area (Å²) in [6, 6.07) is 15.5. The lowest BCUT2D eigenvalue weighted by Crippen LogP contribution is -2.33. The lowest BCUT2D eigenvalue weighted by molar-refractivity contribution is 0.312. The van der Waals surface area contributed by atoms with Crippen LogP contribution in [0.1, 0.15) is 12.0 Å². The van der Waals surface area contributed by atoms with Crippen molar-refractivity contribution in [3.63, 3.8) is 0 Å². The Morgan fingerprint density at radius 1 is 0.926 bits per heavy atom. The van der Waals surface area contributed by atoms with Crippen molar-refractivity contribution in [2.75, 3.05) is 33.9 Å². The fourth-order valence-corrected chi connectivity index (χ4v) is 2.31. The number of benzene rings is 2. The second-order valence-electron chi connectivity index (χ2n) is 5.67. The second-order valence-corrected chi connectivity index (χ2v) is 5.67. The highest BCUT2D eigenvalue weighted by atomic mass is 127. The van der Waals surface area contributed by atoms with E-state index in [1.54, 1.807) is 14.2 Å². The van der Waals surface area contributed by atoms with Gasteiger partial charge in [-0.3, -0.25) is 4.99 Å². The summed E-state index contributed by atoms with van der Waals surface area (Å²) in [4.78, 5) is 4.30. The number of guanidine groups is 1. The molecule has 0 spiro atoms. The molecule has 3 N–H and O–H groups in total. The van der Waals surface area contributed by atoms with Crippen molar-refractivity contribution in [3.8, 4) is 17.2 Å². The zero-order valence-corrected chi connectivity index (χ0v) is 18.1. The Bertz CT molecular complexity index is 676. The average molecular weight is 485 g/mol. The van der Waals surface area contributed by atoms with E-state index in [1.165, 1.54) is 5.56 Å². The molecule has 0 aromatic heterocycles. The van der Waals surface area contributed by atoms with Gasteiger partial charge in [-0.05, 0) is 48.4 Å². The van der Waals surface area contributed by atoms with E-state index < -0.39 is 0 Å². The van der Waals surface area contributed by atoms with Crippen molar-refractivity contribution in [2.45, 2.75) is 12.8 Å². The van der Waals surface area contributed by atoms with Crippen molar-refractivity contribution < 1.29 is 14.2 Å². The number of nitrogens with zero attached hydrogens (tertiary/aromatic N) is 1. The van der Waals surface area contributed by atoms with Gasteiger partial charge in [0.15, 0.2) is 5.96 Å². The van der Waals surface area contributed by atoms with Crippen molar-refractivity contribution in [3.05, 3.63) is 54.1 Å². The fraction of sp³-hybridized carbons (Fsp3) is 0.350. The third kappa shape index (κ3) is 8.85. The molecule has 6 nitrogen and oxygen atoms in total. The largest absolute Gasteiger partial charge is 0.497 e. The number of hydrogen-bond acceptors (Lipinski definition) is 4. The molecule has 0 bridgehead atoms. The van der Waals surface area contributed by atoms with Crippen molar-refractivity contribution in [1.29, 1.82) is 0 Å².